The zero-order valence-corrected chi connectivity index (χ0v) is 17.7. The molecule has 5 nitrogen and oxygen atoms in total. The monoisotopic (exact) mass is 466 g/mol. The highest BCUT2D eigenvalue weighted by atomic mass is 127. The van der Waals surface area contributed by atoms with E-state index in [2.05, 4.69) is 17.2 Å². The highest BCUT2D eigenvalue weighted by Gasteiger charge is 2.38. The second-order valence-electron chi connectivity index (χ2n) is 5.28. The van der Waals surface area contributed by atoms with Crippen molar-refractivity contribution in [3.05, 3.63) is 29.8 Å². The molecule has 1 saturated heterocycles. The summed E-state index contributed by atoms with van der Waals surface area (Å²) in [6, 6.07) is 7.79. The Kier molecular flexibility index (Phi) is 10.0. The van der Waals surface area contributed by atoms with Crippen LogP contribution >= 0.6 is 35.7 Å². The standard InChI is InChI=1S/C17H26N2O3S.HI/c1-4-5-10-18-16(23-3)19-13-17(21-11-12-22-17)14-6-8-15(20-2)9-7-14;/h6-9H,4-5,10-13H2,1-3H3,(H,18,19);1H. The van der Waals surface area contributed by atoms with Crippen molar-refractivity contribution >= 4 is 40.9 Å². The predicted octanol–water partition coefficient (Wildman–Crippen LogP) is 3.62. The van der Waals surface area contributed by atoms with Crippen molar-refractivity contribution < 1.29 is 14.2 Å². The van der Waals surface area contributed by atoms with Crippen molar-refractivity contribution in [1.29, 1.82) is 0 Å². The highest BCUT2D eigenvalue weighted by Crippen LogP contribution is 2.33. The lowest BCUT2D eigenvalue weighted by molar-refractivity contribution is -0.156. The maximum Gasteiger partial charge on any atom is 0.215 e. The smallest absolute Gasteiger partial charge is 0.215 e. The number of benzene rings is 1. The minimum absolute atomic E-state index is 0. The number of nitrogens with zero attached hydrogens (tertiary/aromatic N) is 1. The summed E-state index contributed by atoms with van der Waals surface area (Å²) in [6.07, 6.45) is 4.32. The van der Waals surface area contributed by atoms with Crippen LogP contribution < -0.4 is 10.1 Å². The van der Waals surface area contributed by atoms with Crippen LogP contribution in [0, 0.1) is 0 Å². The van der Waals surface area contributed by atoms with Gasteiger partial charge in [-0.05, 0) is 36.9 Å². The second-order valence-corrected chi connectivity index (χ2v) is 6.08. The number of ether oxygens (including phenoxy) is 3. The molecule has 7 heteroatoms. The van der Waals surface area contributed by atoms with E-state index in [4.69, 9.17) is 14.2 Å². The molecule has 136 valence electrons. The molecule has 1 aromatic carbocycles. The van der Waals surface area contributed by atoms with Gasteiger partial charge in [-0.2, -0.15) is 0 Å². The molecule has 2 rings (SSSR count). The first kappa shape index (κ1) is 21.5. The van der Waals surface area contributed by atoms with Crippen LogP contribution in [-0.2, 0) is 15.3 Å². The fourth-order valence-corrected chi connectivity index (χ4v) is 2.83. The maximum absolute atomic E-state index is 5.91. The van der Waals surface area contributed by atoms with E-state index >= 15 is 0 Å². The maximum atomic E-state index is 5.91. The Morgan fingerprint density at radius 2 is 1.96 bits per heavy atom. The van der Waals surface area contributed by atoms with E-state index in [-0.39, 0.29) is 24.0 Å². The van der Waals surface area contributed by atoms with Gasteiger partial charge in [0.05, 0.1) is 20.3 Å². The molecule has 0 saturated carbocycles. The van der Waals surface area contributed by atoms with Gasteiger partial charge in [-0.1, -0.05) is 25.1 Å². The van der Waals surface area contributed by atoms with Gasteiger partial charge in [0, 0.05) is 12.1 Å². The first-order valence-corrected chi connectivity index (χ1v) is 9.21. The van der Waals surface area contributed by atoms with Crippen molar-refractivity contribution in [3.8, 4) is 5.75 Å². The molecular formula is C17H27IN2O3S. The van der Waals surface area contributed by atoms with E-state index in [9.17, 15) is 0 Å². The normalized spacial score (nSPS) is 16.5. The van der Waals surface area contributed by atoms with Crippen molar-refractivity contribution in [2.45, 2.75) is 25.6 Å². The largest absolute Gasteiger partial charge is 0.497 e. The fraction of sp³-hybridized carbons (Fsp3) is 0.588. The quantitative estimate of drug-likeness (QED) is 0.288. The number of halogens is 1. The molecule has 1 aliphatic rings. The molecule has 1 N–H and O–H groups in total. The van der Waals surface area contributed by atoms with Crippen LogP contribution in [0.5, 0.6) is 5.75 Å². The molecule has 1 heterocycles. The number of hydrogen-bond donors (Lipinski definition) is 1. The van der Waals surface area contributed by atoms with Gasteiger partial charge >= 0.3 is 0 Å². The Balaban J connectivity index is 0.00000288. The van der Waals surface area contributed by atoms with Gasteiger partial charge < -0.3 is 19.5 Å². The van der Waals surface area contributed by atoms with Gasteiger partial charge in [-0.25, -0.2) is 0 Å². The number of amidine groups is 1. The van der Waals surface area contributed by atoms with Gasteiger partial charge in [-0.15, -0.1) is 24.0 Å². The predicted molar refractivity (Wildman–Crippen MR) is 111 cm³/mol. The molecule has 0 atom stereocenters. The Morgan fingerprint density at radius 1 is 1.29 bits per heavy atom. The summed E-state index contributed by atoms with van der Waals surface area (Å²) in [5.74, 6) is 0.0242. The van der Waals surface area contributed by atoms with Gasteiger partial charge in [-0.3, -0.25) is 4.99 Å². The van der Waals surface area contributed by atoms with E-state index in [1.165, 1.54) is 0 Å². The number of hydrogen-bond acceptors (Lipinski definition) is 5. The molecule has 0 bridgehead atoms. The summed E-state index contributed by atoms with van der Waals surface area (Å²) in [4.78, 5) is 4.67. The molecule has 0 aromatic heterocycles. The van der Waals surface area contributed by atoms with Crippen LogP contribution in [0.15, 0.2) is 29.3 Å². The Labute approximate surface area is 165 Å². The molecule has 0 spiro atoms. The minimum atomic E-state index is -0.792. The zero-order valence-electron chi connectivity index (χ0n) is 14.5. The van der Waals surface area contributed by atoms with Crippen molar-refractivity contribution in [2.75, 3.05) is 39.7 Å². The molecule has 0 amide bonds. The summed E-state index contributed by atoms with van der Waals surface area (Å²) in [6.45, 7) is 4.72. The first-order valence-electron chi connectivity index (χ1n) is 7.99. The molecule has 24 heavy (non-hydrogen) atoms. The van der Waals surface area contributed by atoms with Gasteiger partial charge in [0.2, 0.25) is 5.79 Å². The lowest BCUT2D eigenvalue weighted by Crippen LogP contribution is -2.32. The number of aliphatic imine (C=N–C) groups is 1. The number of thioether (sulfide) groups is 1. The van der Waals surface area contributed by atoms with E-state index in [1.807, 2.05) is 30.5 Å². The van der Waals surface area contributed by atoms with Crippen LogP contribution in [0.4, 0.5) is 0 Å². The number of methoxy groups -OCH3 is 1. The third-order valence-electron chi connectivity index (χ3n) is 3.71. The SMILES string of the molecule is CCCCNC(=NCC1(c2ccc(OC)cc2)OCCO1)SC.I. The van der Waals surface area contributed by atoms with Crippen LogP contribution in [0.25, 0.3) is 0 Å². The van der Waals surface area contributed by atoms with Gasteiger partial charge in [0.25, 0.3) is 0 Å². The summed E-state index contributed by atoms with van der Waals surface area (Å²) in [5, 5.41) is 4.28. The van der Waals surface area contributed by atoms with E-state index in [0.717, 1.165) is 35.9 Å². The lowest BCUT2D eigenvalue weighted by atomic mass is 10.1. The van der Waals surface area contributed by atoms with Gasteiger partial charge in [0.1, 0.15) is 12.3 Å². The molecular weight excluding hydrogens is 439 g/mol. The van der Waals surface area contributed by atoms with Crippen LogP contribution in [-0.4, -0.2) is 44.8 Å². The van der Waals surface area contributed by atoms with Gasteiger partial charge in [0.15, 0.2) is 5.17 Å². The Morgan fingerprint density at radius 3 is 2.50 bits per heavy atom. The minimum Gasteiger partial charge on any atom is -0.497 e. The first-order chi connectivity index (χ1) is 11.2. The van der Waals surface area contributed by atoms with Crippen LogP contribution in [0.3, 0.4) is 0 Å². The van der Waals surface area contributed by atoms with Crippen LogP contribution in [0.2, 0.25) is 0 Å². The average molecular weight is 466 g/mol. The third kappa shape index (κ3) is 5.79. The molecule has 1 aromatic rings. The number of unbranched alkanes of at least 4 members (excludes halogenated alkanes) is 1. The summed E-state index contributed by atoms with van der Waals surface area (Å²) < 4.78 is 17.0. The lowest BCUT2D eigenvalue weighted by Gasteiger charge is -2.26. The summed E-state index contributed by atoms with van der Waals surface area (Å²) in [5.41, 5.74) is 0.966. The van der Waals surface area contributed by atoms with Crippen molar-refractivity contribution in [1.82, 2.24) is 5.32 Å². The number of rotatable bonds is 7. The molecule has 0 aliphatic carbocycles. The van der Waals surface area contributed by atoms with Crippen molar-refractivity contribution in [3.63, 3.8) is 0 Å². The molecule has 0 radical (unpaired) electrons. The van der Waals surface area contributed by atoms with Crippen molar-refractivity contribution in [2.24, 2.45) is 4.99 Å². The zero-order chi connectivity index (χ0) is 16.5. The van der Waals surface area contributed by atoms with E-state index < -0.39 is 5.79 Å². The Bertz CT molecular complexity index is 505. The molecule has 0 unspecified atom stereocenters. The number of nitrogens with one attached hydrogen (secondary N) is 1. The van der Waals surface area contributed by atoms with Crippen LogP contribution in [0.1, 0.15) is 25.3 Å². The fourth-order valence-electron chi connectivity index (χ4n) is 2.39. The Hall–Kier alpha value is -0.510. The average Bonchev–Trinajstić information content (AvgIpc) is 3.08. The third-order valence-corrected chi connectivity index (χ3v) is 4.37. The highest BCUT2D eigenvalue weighted by molar-refractivity contribution is 14.0. The second kappa shape index (κ2) is 11.2. The van der Waals surface area contributed by atoms with E-state index in [1.54, 1.807) is 18.9 Å². The summed E-state index contributed by atoms with van der Waals surface area (Å²) >= 11 is 1.61. The van der Waals surface area contributed by atoms with E-state index in [0.29, 0.717) is 19.8 Å². The molecule has 1 aliphatic heterocycles. The topological polar surface area (TPSA) is 52.1 Å². The summed E-state index contributed by atoms with van der Waals surface area (Å²) in [7, 11) is 1.66. The molecule has 1 fully saturated rings.